The number of aryl methyl sites for hydroxylation is 1. The van der Waals surface area contributed by atoms with Gasteiger partial charge in [0.1, 0.15) is 11.3 Å². The number of hydrogen-bond acceptors (Lipinski definition) is 3. The fourth-order valence-corrected chi connectivity index (χ4v) is 1.90. The van der Waals surface area contributed by atoms with Gasteiger partial charge in [0.2, 0.25) is 5.82 Å². The molecule has 0 atom stereocenters. The van der Waals surface area contributed by atoms with Crippen molar-refractivity contribution in [1.82, 2.24) is 0 Å². The zero-order chi connectivity index (χ0) is 16.4. The second kappa shape index (κ2) is 6.09. The van der Waals surface area contributed by atoms with E-state index in [1.54, 1.807) is 13.0 Å². The lowest BCUT2D eigenvalue weighted by Gasteiger charge is -2.11. The molecule has 116 valence electrons. The Morgan fingerprint density at radius 2 is 1.77 bits per heavy atom. The first-order chi connectivity index (χ1) is 10.4. The fourth-order valence-electron chi connectivity index (χ4n) is 1.90. The van der Waals surface area contributed by atoms with Crippen LogP contribution in [0.15, 0.2) is 24.3 Å². The van der Waals surface area contributed by atoms with Crippen LogP contribution in [0, 0.1) is 31.3 Å². The van der Waals surface area contributed by atoms with Crippen molar-refractivity contribution in [3.8, 4) is 11.5 Å². The maximum atomic E-state index is 14.0. The Morgan fingerprint density at radius 3 is 2.41 bits per heavy atom. The van der Waals surface area contributed by atoms with E-state index in [4.69, 9.17) is 4.74 Å². The summed E-state index contributed by atoms with van der Waals surface area (Å²) in [4.78, 5) is 12.0. The van der Waals surface area contributed by atoms with Crippen LogP contribution in [0.2, 0.25) is 0 Å². The quantitative estimate of drug-likeness (QED) is 0.489. The molecule has 0 spiro atoms. The molecule has 0 amide bonds. The molecule has 6 heteroatoms. The van der Waals surface area contributed by atoms with Gasteiger partial charge in [-0.05, 0) is 37.1 Å². The van der Waals surface area contributed by atoms with E-state index in [0.717, 1.165) is 12.7 Å². The summed E-state index contributed by atoms with van der Waals surface area (Å²) in [7, 11) is 0.973. The second-order valence-corrected chi connectivity index (χ2v) is 4.65. The number of carbonyl (C=O) groups is 1. The van der Waals surface area contributed by atoms with Crippen LogP contribution in [0.25, 0.3) is 0 Å². The summed E-state index contributed by atoms with van der Waals surface area (Å²) in [6, 6.07) is 5.44. The molecule has 0 saturated carbocycles. The van der Waals surface area contributed by atoms with E-state index in [0.29, 0.717) is 11.6 Å². The molecule has 0 aliphatic rings. The molecule has 0 aromatic heterocycles. The first kappa shape index (κ1) is 15.9. The average molecular weight is 310 g/mol. The molecule has 0 fully saturated rings. The molecule has 0 aliphatic carbocycles. The lowest BCUT2D eigenvalue weighted by Crippen LogP contribution is -2.14. The third kappa shape index (κ3) is 2.77. The summed E-state index contributed by atoms with van der Waals surface area (Å²) in [6.45, 7) is 3.54. The first-order valence-electron chi connectivity index (χ1n) is 6.36. The summed E-state index contributed by atoms with van der Waals surface area (Å²) in [5.74, 6) is -6.09. The summed E-state index contributed by atoms with van der Waals surface area (Å²) in [5, 5.41) is 0. The van der Waals surface area contributed by atoms with Gasteiger partial charge in [-0.15, -0.1) is 0 Å². The molecular formula is C16H13F3O3. The largest absolute Gasteiger partial charge is 0.491 e. The Balaban J connectivity index is 2.42. The molecule has 0 heterocycles. The molecule has 0 radical (unpaired) electrons. The van der Waals surface area contributed by atoms with E-state index in [1.807, 2.05) is 13.0 Å². The smallest absolute Gasteiger partial charge is 0.346 e. The Kier molecular flexibility index (Phi) is 4.40. The van der Waals surface area contributed by atoms with Gasteiger partial charge >= 0.3 is 5.97 Å². The average Bonchev–Trinajstić information content (AvgIpc) is 2.48. The third-order valence-electron chi connectivity index (χ3n) is 3.30. The maximum absolute atomic E-state index is 14.0. The predicted molar refractivity (Wildman–Crippen MR) is 73.7 cm³/mol. The minimum atomic E-state index is -1.50. The molecule has 2 aromatic rings. The van der Waals surface area contributed by atoms with Crippen molar-refractivity contribution in [3.63, 3.8) is 0 Å². The highest BCUT2D eigenvalue weighted by molar-refractivity contribution is 5.92. The van der Waals surface area contributed by atoms with Gasteiger partial charge in [0.05, 0.1) is 7.11 Å². The Bertz CT molecular complexity index is 742. The maximum Gasteiger partial charge on any atom is 0.346 e. The van der Waals surface area contributed by atoms with Crippen molar-refractivity contribution < 1.29 is 27.4 Å². The third-order valence-corrected chi connectivity index (χ3v) is 3.30. The first-order valence-corrected chi connectivity index (χ1v) is 6.36. The van der Waals surface area contributed by atoms with Crippen molar-refractivity contribution in [2.45, 2.75) is 13.8 Å². The molecule has 0 N–H and O–H groups in total. The lowest BCUT2D eigenvalue weighted by molar-refractivity contribution is 0.0726. The summed E-state index contributed by atoms with van der Waals surface area (Å²) in [5.41, 5.74) is 0.816. The van der Waals surface area contributed by atoms with Gasteiger partial charge in [0, 0.05) is 0 Å². The van der Waals surface area contributed by atoms with Crippen LogP contribution in [0.1, 0.15) is 21.5 Å². The topological polar surface area (TPSA) is 35.5 Å². The van der Waals surface area contributed by atoms with Crippen LogP contribution in [0.3, 0.4) is 0 Å². The fraction of sp³-hybridized carbons (Fsp3) is 0.188. The molecule has 2 rings (SSSR count). The van der Waals surface area contributed by atoms with Gasteiger partial charge in [-0.1, -0.05) is 12.1 Å². The Labute approximate surface area is 125 Å². The van der Waals surface area contributed by atoms with E-state index < -0.39 is 34.7 Å². The molecule has 3 nitrogen and oxygen atoms in total. The SMILES string of the molecule is COc1c(F)c(F)cc(C(=O)Oc2cccc(C)c2C)c1F. The second-order valence-electron chi connectivity index (χ2n) is 4.65. The number of rotatable bonds is 3. The van der Waals surface area contributed by atoms with Crippen LogP contribution in [-0.4, -0.2) is 13.1 Å². The number of ether oxygens (including phenoxy) is 2. The van der Waals surface area contributed by atoms with Crippen LogP contribution in [-0.2, 0) is 0 Å². The molecule has 2 aromatic carbocycles. The van der Waals surface area contributed by atoms with Gasteiger partial charge in [0.25, 0.3) is 0 Å². The zero-order valence-corrected chi connectivity index (χ0v) is 12.2. The van der Waals surface area contributed by atoms with Crippen molar-refractivity contribution in [2.75, 3.05) is 7.11 Å². The van der Waals surface area contributed by atoms with Gasteiger partial charge in [-0.25, -0.2) is 13.6 Å². The van der Waals surface area contributed by atoms with E-state index in [-0.39, 0.29) is 5.75 Å². The van der Waals surface area contributed by atoms with Crippen LogP contribution < -0.4 is 9.47 Å². The molecule has 0 aliphatic heterocycles. The highest BCUT2D eigenvalue weighted by Crippen LogP contribution is 2.28. The highest BCUT2D eigenvalue weighted by Gasteiger charge is 2.25. The van der Waals surface area contributed by atoms with Crippen molar-refractivity contribution in [3.05, 3.63) is 58.4 Å². The minimum Gasteiger partial charge on any atom is -0.491 e. The number of methoxy groups -OCH3 is 1. The molecule has 22 heavy (non-hydrogen) atoms. The van der Waals surface area contributed by atoms with Crippen LogP contribution in [0.5, 0.6) is 11.5 Å². The van der Waals surface area contributed by atoms with Gasteiger partial charge in [0.15, 0.2) is 17.4 Å². The van der Waals surface area contributed by atoms with Gasteiger partial charge in [-0.3, -0.25) is 0 Å². The van der Waals surface area contributed by atoms with Gasteiger partial charge < -0.3 is 9.47 Å². The van der Waals surface area contributed by atoms with E-state index in [1.165, 1.54) is 6.07 Å². The number of benzene rings is 2. The number of esters is 1. The normalized spacial score (nSPS) is 10.5. The van der Waals surface area contributed by atoms with Crippen molar-refractivity contribution >= 4 is 5.97 Å². The number of hydrogen-bond donors (Lipinski definition) is 0. The van der Waals surface area contributed by atoms with Crippen molar-refractivity contribution in [1.29, 1.82) is 0 Å². The minimum absolute atomic E-state index is 0.216. The summed E-state index contributed by atoms with van der Waals surface area (Å²) < 4.78 is 50.3. The van der Waals surface area contributed by atoms with E-state index in [2.05, 4.69) is 4.74 Å². The summed E-state index contributed by atoms with van der Waals surface area (Å²) in [6.07, 6.45) is 0. The zero-order valence-electron chi connectivity index (χ0n) is 12.2. The predicted octanol–water partition coefficient (Wildman–Crippen LogP) is 3.95. The molecule has 0 saturated heterocycles. The standard InChI is InChI=1S/C16H13F3O3/c1-8-5-4-6-12(9(8)2)22-16(20)10-7-11(17)14(19)15(21-3)13(10)18/h4-7H,1-3H3. The molecule has 0 bridgehead atoms. The monoisotopic (exact) mass is 310 g/mol. The number of halogens is 3. The summed E-state index contributed by atoms with van der Waals surface area (Å²) >= 11 is 0. The number of carbonyl (C=O) groups excluding carboxylic acids is 1. The molecule has 0 unspecified atom stereocenters. The lowest BCUT2D eigenvalue weighted by atomic mass is 10.1. The van der Waals surface area contributed by atoms with Gasteiger partial charge in [-0.2, -0.15) is 4.39 Å². The molecular weight excluding hydrogens is 297 g/mol. The van der Waals surface area contributed by atoms with Crippen LogP contribution >= 0.6 is 0 Å². The Hall–Kier alpha value is -2.50. The van der Waals surface area contributed by atoms with E-state index in [9.17, 15) is 18.0 Å². The highest BCUT2D eigenvalue weighted by atomic mass is 19.2. The Morgan fingerprint density at radius 1 is 1.09 bits per heavy atom. The van der Waals surface area contributed by atoms with E-state index >= 15 is 0 Å². The van der Waals surface area contributed by atoms with Crippen LogP contribution in [0.4, 0.5) is 13.2 Å². The van der Waals surface area contributed by atoms with Crippen molar-refractivity contribution in [2.24, 2.45) is 0 Å².